The summed E-state index contributed by atoms with van der Waals surface area (Å²) in [6, 6.07) is 35.7. The van der Waals surface area contributed by atoms with Gasteiger partial charge in [-0.05, 0) is 64.2 Å². The molecular formula is C41H32N2. The quantitative estimate of drug-likeness (QED) is 0.190. The summed E-state index contributed by atoms with van der Waals surface area (Å²) in [5.74, 6) is 0. The maximum absolute atomic E-state index is 4.06. The molecule has 1 aliphatic carbocycles. The summed E-state index contributed by atoms with van der Waals surface area (Å²) in [6.45, 7) is 9.37. The molecule has 2 heterocycles. The number of H-pyrrole nitrogens is 2. The van der Waals surface area contributed by atoms with Crippen LogP contribution < -0.4 is 0 Å². The van der Waals surface area contributed by atoms with E-state index in [1.807, 2.05) is 0 Å². The Balaban J connectivity index is 0.00000136. The van der Waals surface area contributed by atoms with Crippen molar-refractivity contribution in [1.29, 1.82) is 0 Å². The molecule has 8 aromatic rings. The first-order valence-electron chi connectivity index (χ1n) is 14.9. The van der Waals surface area contributed by atoms with E-state index in [-0.39, 0.29) is 5.41 Å². The Hall–Kier alpha value is -5.26. The number of aryl methyl sites for hydroxylation is 1. The van der Waals surface area contributed by atoms with Crippen molar-refractivity contribution < 1.29 is 0 Å². The van der Waals surface area contributed by atoms with E-state index in [0.717, 1.165) is 0 Å². The third kappa shape index (κ3) is 3.20. The van der Waals surface area contributed by atoms with Gasteiger partial charge in [0.15, 0.2) is 0 Å². The summed E-state index contributed by atoms with van der Waals surface area (Å²) in [4.78, 5) is 7.84. The monoisotopic (exact) mass is 552 g/mol. The Morgan fingerprint density at radius 1 is 0.558 bits per heavy atom. The molecular weight excluding hydrogens is 520 g/mol. The predicted molar refractivity (Wildman–Crippen MR) is 185 cm³/mol. The van der Waals surface area contributed by atoms with Gasteiger partial charge in [0.1, 0.15) is 0 Å². The largest absolute Gasteiger partial charge is 0.354 e. The van der Waals surface area contributed by atoms with Gasteiger partial charge in [-0.3, -0.25) is 0 Å². The normalized spacial score (nSPS) is 13.4. The summed E-state index contributed by atoms with van der Waals surface area (Å²) >= 11 is 0. The van der Waals surface area contributed by atoms with Crippen molar-refractivity contribution in [2.75, 3.05) is 0 Å². The van der Waals surface area contributed by atoms with Gasteiger partial charge in [-0.2, -0.15) is 0 Å². The lowest BCUT2D eigenvalue weighted by molar-refractivity contribution is 0.666. The van der Waals surface area contributed by atoms with Crippen LogP contribution >= 0.6 is 0 Å². The van der Waals surface area contributed by atoms with E-state index < -0.39 is 0 Å². The molecule has 0 radical (unpaired) electrons. The van der Waals surface area contributed by atoms with E-state index in [4.69, 9.17) is 0 Å². The lowest BCUT2D eigenvalue weighted by atomic mass is 9.78. The minimum Gasteiger partial charge on any atom is -0.354 e. The number of aromatic amines is 2. The predicted octanol–water partition coefficient (Wildman–Crippen LogP) is 10.9. The number of hydrogen-bond donors (Lipinski definition) is 2. The molecule has 0 fully saturated rings. The number of fused-ring (bicyclic) bond motifs is 13. The third-order valence-corrected chi connectivity index (χ3v) is 9.84. The Bertz CT molecular complexity index is 2460. The molecule has 0 saturated heterocycles. The Morgan fingerprint density at radius 2 is 1.23 bits per heavy atom. The summed E-state index contributed by atoms with van der Waals surface area (Å²) < 4.78 is 0. The molecule has 0 atom stereocenters. The lowest BCUT2D eigenvalue weighted by Crippen LogP contribution is -2.15. The molecule has 0 unspecified atom stereocenters. The molecule has 0 bridgehead atoms. The van der Waals surface area contributed by atoms with Crippen molar-refractivity contribution in [3.8, 4) is 35.1 Å². The van der Waals surface area contributed by atoms with Gasteiger partial charge in [0, 0.05) is 43.4 Å². The highest BCUT2D eigenvalue weighted by atomic mass is 14.8. The van der Waals surface area contributed by atoms with Gasteiger partial charge in [-0.1, -0.05) is 105 Å². The Labute approximate surface area is 251 Å². The third-order valence-electron chi connectivity index (χ3n) is 9.84. The van der Waals surface area contributed by atoms with Crippen LogP contribution in [0.25, 0.3) is 76.6 Å². The number of hydrogen-bond acceptors (Lipinski definition) is 0. The zero-order chi connectivity index (χ0) is 29.6. The van der Waals surface area contributed by atoms with Crippen LogP contribution in [0.15, 0.2) is 97.1 Å². The smallest absolute Gasteiger partial charge is 0.0566 e. The topological polar surface area (TPSA) is 31.6 Å². The van der Waals surface area contributed by atoms with E-state index in [0.29, 0.717) is 0 Å². The molecule has 1 aliphatic rings. The molecule has 206 valence electrons. The Kier molecular flexibility index (Phi) is 5.25. The van der Waals surface area contributed by atoms with E-state index in [1.165, 1.54) is 98.9 Å². The van der Waals surface area contributed by atoms with Crippen LogP contribution in [0, 0.1) is 26.7 Å². The fraction of sp³-hybridized carbons (Fsp3) is 0.122. The molecule has 0 saturated carbocycles. The number of aromatic nitrogens is 2. The molecule has 43 heavy (non-hydrogen) atoms. The molecule has 2 heteroatoms. The number of terminal acetylenes is 1. The first kappa shape index (κ1) is 25.5. The molecule has 2 aromatic heterocycles. The fourth-order valence-electron chi connectivity index (χ4n) is 8.00. The zero-order valence-electron chi connectivity index (χ0n) is 24.9. The van der Waals surface area contributed by atoms with Crippen molar-refractivity contribution in [3.05, 3.63) is 119 Å². The molecule has 6 aromatic carbocycles. The first-order valence-corrected chi connectivity index (χ1v) is 14.9. The van der Waals surface area contributed by atoms with Crippen molar-refractivity contribution in [3.63, 3.8) is 0 Å². The fourth-order valence-corrected chi connectivity index (χ4v) is 8.00. The van der Waals surface area contributed by atoms with Gasteiger partial charge in [-0.15, -0.1) is 12.8 Å². The van der Waals surface area contributed by atoms with Gasteiger partial charge < -0.3 is 9.97 Å². The first-order chi connectivity index (χ1) is 20.9. The maximum atomic E-state index is 4.06. The van der Waals surface area contributed by atoms with E-state index in [2.05, 4.69) is 148 Å². The molecule has 0 spiro atoms. The van der Waals surface area contributed by atoms with E-state index in [9.17, 15) is 0 Å². The summed E-state index contributed by atoms with van der Waals surface area (Å²) in [6.07, 6.45) is 8.00. The highest BCUT2D eigenvalue weighted by molar-refractivity contribution is 6.29. The summed E-state index contributed by atoms with van der Waals surface area (Å²) in [5.41, 5.74) is 15.6. The zero-order valence-corrected chi connectivity index (χ0v) is 24.9. The minimum atomic E-state index is -0.111. The highest BCUT2D eigenvalue weighted by Crippen LogP contribution is 2.56. The van der Waals surface area contributed by atoms with Gasteiger partial charge in [-0.25, -0.2) is 0 Å². The minimum absolute atomic E-state index is 0.111. The summed E-state index contributed by atoms with van der Waals surface area (Å²) in [7, 11) is 0. The molecule has 2 N–H and O–H groups in total. The Morgan fingerprint density at radius 3 is 2.05 bits per heavy atom. The maximum Gasteiger partial charge on any atom is 0.0566 e. The van der Waals surface area contributed by atoms with Crippen LogP contribution in [-0.4, -0.2) is 9.97 Å². The average Bonchev–Trinajstić information content (AvgIpc) is 3.67. The SMILES string of the molecule is C#C.Cc1ccccc1-c1c(C)c2c(c3c1[nH]c1c3ccc3[nH]c4c5ccccc5ccc4c31)C(C)(C)c1ccccc1-2. The van der Waals surface area contributed by atoms with Crippen molar-refractivity contribution in [2.24, 2.45) is 0 Å². The van der Waals surface area contributed by atoms with Crippen LogP contribution in [0.5, 0.6) is 0 Å². The average molecular weight is 553 g/mol. The van der Waals surface area contributed by atoms with Gasteiger partial charge in [0.2, 0.25) is 0 Å². The van der Waals surface area contributed by atoms with Gasteiger partial charge >= 0.3 is 0 Å². The molecule has 0 aliphatic heterocycles. The van der Waals surface area contributed by atoms with E-state index >= 15 is 0 Å². The van der Waals surface area contributed by atoms with E-state index in [1.54, 1.807) is 0 Å². The van der Waals surface area contributed by atoms with Crippen molar-refractivity contribution >= 4 is 54.4 Å². The van der Waals surface area contributed by atoms with Gasteiger partial charge in [0.05, 0.1) is 16.6 Å². The molecule has 0 amide bonds. The van der Waals surface area contributed by atoms with Crippen molar-refractivity contribution in [1.82, 2.24) is 9.97 Å². The second-order valence-corrected chi connectivity index (χ2v) is 12.4. The van der Waals surface area contributed by atoms with Crippen molar-refractivity contribution in [2.45, 2.75) is 33.1 Å². The summed E-state index contributed by atoms with van der Waals surface area (Å²) in [5, 5.41) is 7.72. The molecule has 2 nitrogen and oxygen atoms in total. The lowest BCUT2D eigenvalue weighted by Gasteiger charge is -2.24. The second kappa shape index (κ2) is 8.87. The second-order valence-electron chi connectivity index (χ2n) is 12.4. The standard InChI is InChI=1S/C39H30N2.C2H2/c1-21-11-5-7-13-24(21)32-22(2)31-26-15-9-10-16-29(26)39(3,4)35(31)34-28-19-20-30-33(37(28)41-38(32)34)27-18-17-23-12-6-8-14-25(23)36(27)40-30;1-2/h5-20,40-41H,1-4H3;1-2H. The number of nitrogens with one attached hydrogen (secondary N) is 2. The van der Waals surface area contributed by atoms with Crippen LogP contribution in [0.4, 0.5) is 0 Å². The number of benzene rings is 6. The van der Waals surface area contributed by atoms with Crippen LogP contribution in [-0.2, 0) is 5.41 Å². The van der Waals surface area contributed by atoms with Crippen LogP contribution in [0.3, 0.4) is 0 Å². The van der Waals surface area contributed by atoms with Gasteiger partial charge in [0.25, 0.3) is 0 Å². The number of rotatable bonds is 1. The van der Waals surface area contributed by atoms with Crippen LogP contribution in [0.1, 0.15) is 36.1 Å². The molecule has 9 rings (SSSR count). The highest BCUT2D eigenvalue weighted by Gasteiger charge is 2.40. The van der Waals surface area contributed by atoms with Crippen LogP contribution in [0.2, 0.25) is 0 Å².